The van der Waals surface area contributed by atoms with Gasteiger partial charge in [-0.15, -0.1) is 0 Å². The lowest BCUT2D eigenvalue weighted by Crippen LogP contribution is -2.45. The molecule has 0 aromatic rings. The molecule has 17 heavy (non-hydrogen) atoms. The zero-order chi connectivity index (χ0) is 12.1. The molecule has 1 aliphatic heterocycles. The Hall–Kier alpha value is -0.0300. The minimum Gasteiger partial charge on any atom is -0.359 e. The van der Waals surface area contributed by atoms with Gasteiger partial charge >= 0.3 is 0 Å². The van der Waals surface area contributed by atoms with E-state index in [9.17, 15) is 4.21 Å². The Bertz CT molecular complexity index is 312. The minimum absolute atomic E-state index is 0.339. The largest absolute Gasteiger partial charge is 0.359 e. The molecule has 1 aliphatic carbocycles. The Kier molecular flexibility index (Phi) is 4.91. The van der Waals surface area contributed by atoms with Gasteiger partial charge in [-0.3, -0.25) is 9.20 Å². The molecule has 5 heteroatoms. The van der Waals surface area contributed by atoms with Crippen molar-refractivity contribution >= 4 is 27.7 Å². The fourth-order valence-electron chi connectivity index (χ4n) is 2.48. The van der Waals surface area contributed by atoms with Crippen molar-refractivity contribution < 1.29 is 4.21 Å². The summed E-state index contributed by atoms with van der Waals surface area (Å²) in [4.78, 5) is 4.54. The molecule has 98 valence electrons. The summed E-state index contributed by atoms with van der Waals surface area (Å²) in [5.41, 5.74) is 0.339. The van der Waals surface area contributed by atoms with Gasteiger partial charge in [0.15, 0.2) is 5.17 Å². The highest BCUT2D eigenvalue weighted by atomic mass is 32.2. The molecule has 1 saturated heterocycles. The van der Waals surface area contributed by atoms with Crippen LogP contribution in [-0.2, 0) is 10.8 Å². The first-order valence-corrected chi connectivity index (χ1v) is 9.02. The highest BCUT2D eigenvalue weighted by Crippen LogP contribution is 2.35. The lowest BCUT2D eigenvalue weighted by molar-refractivity contribution is 0.303. The Morgan fingerprint density at radius 1 is 1.41 bits per heavy atom. The molecule has 2 fully saturated rings. The third kappa shape index (κ3) is 3.71. The third-order valence-electron chi connectivity index (χ3n) is 3.56. The van der Waals surface area contributed by atoms with E-state index < -0.39 is 10.8 Å². The van der Waals surface area contributed by atoms with Gasteiger partial charge in [0.25, 0.3) is 0 Å². The van der Waals surface area contributed by atoms with E-state index in [0.29, 0.717) is 17.8 Å². The van der Waals surface area contributed by atoms with Crippen LogP contribution in [0.15, 0.2) is 4.99 Å². The van der Waals surface area contributed by atoms with Gasteiger partial charge in [-0.1, -0.05) is 37.9 Å². The standard InChI is InChI=1S/C12H22N2OS2/c1-2-17(15)9-8-13-11-14-12(10-16-11)6-4-3-5-7-12/h2-10H2,1H3,(H,13,14). The summed E-state index contributed by atoms with van der Waals surface area (Å²) in [6, 6.07) is 0. The summed E-state index contributed by atoms with van der Waals surface area (Å²) in [6.45, 7) is 2.66. The summed E-state index contributed by atoms with van der Waals surface area (Å²) >= 11 is 1.85. The number of hydrogen-bond donors (Lipinski definition) is 1. The van der Waals surface area contributed by atoms with Crippen molar-refractivity contribution in [2.75, 3.05) is 23.8 Å². The average Bonchev–Trinajstić information content (AvgIpc) is 2.73. The van der Waals surface area contributed by atoms with Crippen LogP contribution >= 0.6 is 11.8 Å². The van der Waals surface area contributed by atoms with Crippen LogP contribution < -0.4 is 5.32 Å². The first-order valence-electron chi connectivity index (χ1n) is 6.54. The minimum atomic E-state index is -0.684. The Morgan fingerprint density at radius 2 is 2.18 bits per heavy atom. The zero-order valence-electron chi connectivity index (χ0n) is 10.5. The van der Waals surface area contributed by atoms with Crippen molar-refractivity contribution in [1.29, 1.82) is 0 Å². The Morgan fingerprint density at radius 3 is 2.88 bits per heavy atom. The second-order valence-corrected chi connectivity index (χ2v) is 7.70. The van der Waals surface area contributed by atoms with Gasteiger partial charge in [-0.25, -0.2) is 0 Å². The van der Waals surface area contributed by atoms with Crippen molar-refractivity contribution in [2.24, 2.45) is 4.99 Å². The maximum absolute atomic E-state index is 11.3. The molecule has 1 unspecified atom stereocenters. The lowest BCUT2D eigenvalue weighted by Gasteiger charge is -2.32. The molecular formula is C12H22N2OS2. The number of aliphatic imine (C=N–C) groups is 1. The van der Waals surface area contributed by atoms with Gasteiger partial charge in [0.1, 0.15) is 0 Å². The number of amidine groups is 1. The zero-order valence-corrected chi connectivity index (χ0v) is 12.2. The first kappa shape index (κ1) is 13.4. The molecule has 2 rings (SSSR count). The topological polar surface area (TPSA) is 41.5 Å². The van der Waals surface area contributed by atoms with E-state index in [4.69, 9.17) is 0 Å². The molecule has 1 heterocycles. The van der Waals surface area contributed by atoms with Crippen LogP contribution in [-0.4, -0.2) is 38.7 Å². The number of rotatable bonds is 4. The van der Waals surface area contributed by atoms with Crippen LogP contribution in [0.25, 0.3) is 0 Å². The summed E-state index contributed by atoms with van der Waals surface area (Å²) < 4.78 is 11.3. The summed E-state index contributed by atoms with van der Waals surface area (Å²) in [7, 11) is -0.684. The maximum Gasteiger partial charge on any atom is 0.157 e. The second-order valence-electron chi connectivity index (χ2n) is 4.87. The maximum atomic E-state index is 11.3. The van der Waals surface area contributed by atoms with E-state index >= 15 is 0 Å². The van der Waals surface area contributed by atoms with Gasteiger partial charge in [0.05, 0.1) is 6.54 Å². The Balaban J connectivity index is 1.80. The molecule has 1 atom stereocenters. The molecular weight excluding hydrogens is 252 g/mol. The molecule has 0 aromatic carbocycles. The SMILES string of the molecule is CCS(=O)CCN=C1NC2(CCCCC2)CS1. The van der Waals surface area contributed by atoms with E-state index in [1.54, 1.807) is 0 Å². The van der Waals surface area contributed by atoms with Crippen LogP contribution in [0.2, 0.25) is 0 Å². The van der Waals surface area contributed by atoms with Crippen molar-refractivity contribution in [3.8, 4) is 0 Å². The van der Waals surface area contributed by atoms with E-state index in [2.05, 4.69) is 10.3 Å². The highest BCUT2D eigenvalue weighted by molar-refractivity contribution is 8.14. The molecule has 0 bridgehead atoms. The van der Waals surface area contributed by atoms with Gasteiger partial charge < -0.3 is 5.32 Å². The fraction of sp³-hybridized carbons (Fsp3) is 0.917. The van der Waals surface area contributed by atoms with Crippen molar-refractivity contribution in [2.45, 2.75) is 44.6 Å². The summed E-state index contributed by atoms with van der Waals surface area (Å²) in [5.74, 6) is 2.62. The van der Waals surface area contributed by atoms with E-state index in [-0.39, 0.29) is 0 Å². The average molecular weight is 274 g/mol. The summed E-state index contributed by atoms with van der Waals surface area (Å²) in [5, 5.41) is 4.70. The second kappa shape index (κ2) is 6.23. The van der Waals surface area contributed by atoms with Gasteiger partial charge in [-0.05, 0) is 12.8 Å². The third-order valence-corrected chi connectivity index (χ3v) is 6.05. The van der Waals surface area contributed by atoms with E-state index in [1.165, 1.54) is 37.9 Å². The molecule has 2 aliphatic rings. The summed E-state index contributed by atoms with van der Waals surface area (Å²) in [6.07, 6.45) is 6.66. The Labute approximate surface area is 111 Å². The first-order chi connectivity index (χ1) is 8.24. The monoisotopic (exact) mass is 274 g/mol. The molecule has 0 aromatic heterocycles. The van der Waals surface area contributed by atoms with Crippen molar-refractivity contribution in [3.63, 3.8) is 0 Å². The normalized spacial score (nSPS) is 27.2. The van der Waals surface area contributed by atoms with Crippen molar-refractivity contribution in [3.05, 3.63) is 0 Å². The number of thioether (sulfide) groups is 1. The molecule has 0 amide bonds. The van der Waals surface area contributed by atoms with Crippen LogP contribution in [0.4, 0.5) is 0 Å². The predicted molar refractivity (Wildman–Crippen MR) is 77.3 cm³/mol. The van der Waals surface area contributed by atoms with Crippen LogP contribution in [0.5, 0.6) is 0 Å². The molecule has 0 radical (unpaired) electrons. The van der Waals surface area contributed by atoms with E-state index in [1.807, 2.05) is 18.7 Å². The molecule has 1 N–H and O–H groups in total. The number of nitrogens with zero attached hydrogens (tertiary/aromatic N) is 1. The number of nitrogens with one attached hydrogen (secondary N) is 1. The molecule has 1 spiro atoms. The van der Waals surface area contributed by atoms with Crippen LogP contribution in [0.3, 0.4) is 0 Å². The fourth-order valence-corrected chi connectivity index (χ4v) is 4.31. The predicted octanol–water partition coefficient (Wildman–Crippen LogP) is 2.15. The van der Waals surface area contributed by atoms with Gasteiger partial charge in [0, 0.05) is 33.6 Å². The highest BCUT2D eigenvalue weighted by Gasteiger charge is 2.37. The van der Waals surface area contributed by atoms with E-state index in [0.717, 1.165) is 10.9 Å². The molecule has 1 saturated carbocycles. The smallest absolute Gasteiger partial charge is 0.157 e. The van der Waals surface area contributed by atoms with Crippen LogP contribution in [0.1, 0.15) is 39.0 Å². The van der Waals surface area contributed by atoms with Gasteiger partial charge in [0.2, 0.25) is 0 Å². The van der Waals surface area contributed by atoms with Crippen LogP contribution in [0, 0.1) is 0 Å². The molecule has 3 nitrogen and oxygen atoms in total. The lowest BCUT2D eigenvalue weighted by atomic mass is 9.83. The van der Waals surface area contributed by atoms with Crippen molar-refractivity contribution in [1.82, 2.24) is 5.32 Å². The number of hydrogen-bond acceptors (Lipinski definition) is 3. The van der Waals surface area contributed by atoms with Gasteiger partial charge in [-0.2, -0.15) is 0 Å². The quantitative estimate of drug-likeness (QED) is 0.854.